The van der Waals surface area contributed by atoms with E-state index in [1.807, 2.05) is 60.9 Å². The van der Waals surface area contributed by atoms with Crippen LogP contribution in [0.15, 0.2) is 156 Å². The van der Waals surface area contributed by atoms with Gasteiger partial charge >= 0.3 is 0 Å². The van der Waals surface area contributed by atoms with Gasteiger partial charge in [-0.25, -0.2) is 9.97 Å². The topological polar surface area (TPSA) is 77.0 Å². The fraction of sp³-hybridized carbons (Fsp3) is 0. The summed E-state index contributed by atoms with van der Waals surface area (Å²) in [5.41, 5.74) is 9.15. The Labute approximate surface area is 269 Å². The number of aromatic hydroxyl groups is 1. The lowest BCUT2D eigenvalue weighted by atomic mass is 9.95. The highest BCUT2D eigenvalue weighted by atomic mass is 16.3. The molecule has 0 fully saturated rings. The molecular weight excluding hydrogens is 580 g/mol. The van der Waals surface area contributed by atoms with E-state index in [-0.39, 0.29) is 5.75 Å². The molecule has 0 spiro atoms. The van der Waals surface area contributed by atoms with Gasteiger partial charge in [0, 0.05) is 28.9 Å². The largest absolute Gasteiger partial charge is 0.507 e. The first kappa shape index (κ1) is 26.8. The molecule has 0 saturated carbocycles. The fourth-order valence-corrected chi connectivity index (χ4v) is 6.45. The summed E-state index contributed by atoms with van der Waals surface area (Å²) in [6.07, 6.45) is 3.88. The molecule has 222 valence electrons. The minimum absolute atomic E-state index is 0.126. The number of aromatic nitrogens is 4. The summed E-state index contributed by atoms with van der Waals surface area (Å²) in [6, 6.07) is 46.6. The molecule has 0 aliphatic rings. The Morgan fingerprint density at radius 2 is 1.28 bits per heavy atom. The number of pyridine rings is 2. The van der Waals surface area contributed by atoms with Gasteiger partial charge in [-0.15, -0.1) is 0 Å². The molecule has 0 radical (unpaired) electrons. The highest BCUT2D eigenvalue weighted by Gasteiger charge is 2.23. The zero-order valence-corrected chi connectivity index (χ0v) is 25.1. The van der Waals surface area contributed by atoms with Crippen LogP contribution in [0.1, 0.15) is 0 Å². The van der Waals surface area contributed by atoms with Crippen LogP contribution in [-0.4, -0.2) is 24.6 Å². The maximum absolute atomic E-state index is 10.7. The molecular formula is C41H26N4O2. The molecule has 6 heteroatoms. The first-order valence-electron chi connectivity index (χ1n) is 15.4. The van der Waals surface area contributed by atoms with Crippen molar-refractivity contribution in [2.24, 2.45) is 0 Å². The summed E-state index contributed by atoms with van der Waals surface area (Å²) in [5.74, 6) is 0.820. The minimum atomic E-state index is 0.126. The van der Waals surface area contributed by atoms with Crippen molar-refractivity contribution in [1.82, 2.24) is 19.5 Å². The Morgan fingerprint density at radius 3 is 2.04 bits per heavy atom. The number of fused-ring (bicyclic) bond motifs is 4. The summed E-state index contributed by atoms with van der Waals surface area (Å²) < 4.78 is 8.17. The van der Waals surface area contributed by atoms with Crippen LogP contribution in [0.3, 0.4) is 0 Å². The lowest BCUT2D eigenvalue weighted by molar-refractivity contribution is 0.481. The summed E-state index contributed by atoms with van der Waals surface area (Å²) >= 11 is 0. The Balaban J connectivity index is 1.37. The van der Waals surface area contributed by atoms with E-state index in [4.69, 9.17) is 19.4 Å². The van der Waals surface area contributed by atoms with Gasteiger partial charge < -0.3 is 9.52 Å². The van der Waals surface area contributed by atoms with E-state index in [2.05, 4.69) is 83.4 Å². The quantitative estimate of drug-likeness (QED) is 0.211. The predicted octanol–water partition coefficient (Wildman–Crippen LogP) is 10.1. The maximum Gasteiger partial charge on any atom is 0.164 e. The van der Waals surface area contributed by atoms with Gasteiger partial charge in [0.1, 0.15) is 28.2 Å². The number of hydrogen-bond donors (Lipinski definition) is 1. The minimum Gasteiger partial charge on any atom is -0.507 e. The molecule has 0 amide bonds. The molecule has 0 unspecified atom stereocenters. The molecule has 5 aromatic carbocycles. The number of furan rings is 1. The number of hydrogen-bond acceptors (Lipinski definition) is 5. The van der Waals surface area contributed by atoms with Crippen LogP contribution in [0, 0.1) is 0 Å². The van der Waals surface area contributed by atoms with E-state index >= 15 is 0 Å². The average molecular weight is 607 g/mol. The second-order valence-electron chi connectivity index (χ2n) is 11.4. The van der Waals surface area contributed by atoms with Crippen LogP contribution in [0.5, 0.6) is 5.75 Å². The third-order valence-electron chi connectivity index (χ3n) is 8.62. The smallest absolute Gasteiger partial charge is 0.164 e. The normalized spacial score (nSPS) is 11.5. The molecule has 0 atom stereocenters. The lowest BCUT2D eigenvalue weighted by Gasteiger charge is -2.19. The predicted molar refractivity (Wildman–Crippen MR) is 187 cm³/mol. The van der Waals surface area contributed by atoms with E-state index in [1.165, 1.54) is 0 Å². The monoisotopic (exact) mass is 606 g/mol. The summed E-state index contributed by atoms with van der Waals surface area (Å²) in [7, 11) is 0. The van der Waals surface area contributed by atoms with Gasteiger partial charge in [0.15, 0.2) is 11.4 Å². The SMILES string of the molecule is Oc1cccc2oc3ccc(-c4cn(-c5c(-c6ccccc6)cccc5-c5ccccc5)c(-c5nccc6ccccc56)n4)nc3c12. The second kappa shape index (κ2) is 10.8. The van der Waals surface area contributed by atoms with E-state index in [0.717, 1.165) is 44.4 Å². The van der Waals surface area contributed by atoms with Gasteiger partial charge in [0.25, 0.3) is 0 Å². The van der Waals surface area contributed by atoms with Crippen LogP contribution in [0.2, 0.25) is 0 Å². The van der Waals surface area contributed by atoms with Crippen molar-refractivity contribution in [3.8, 4) is 56.6 Å². The molecule has 0 aliphatic carbocycles. The average Bonchev–Trinajstić information content (AvgIpc) is 3.74. The number of phenolic OH excluding ortho intramolecular Hbond substituents is 1. The third-order valence-corrected chi connectivity index (χ3v) is 8.62. The Hall–Kier alpha value is -6.53. The number of imidazole rings is 1. The number of phenols is 1. The number of benzene rings is 5. The molecule has 6 nitrogen and oxygen atoms in total. The van der Waals surface area contributed by atoms with Crippen molar-refractivity contribution in [3.63, 3.8) is 0 Å². The van der Waals surface area contributed by atoms with Gasteiger partial charge in [0.05, 0.1) is 16.8 Å². The Morgan fingerprint density at radius 1 is 0.574 bits per heavy atom. The zero-order chi connectivity index (χ0) is 31.3. The Bertz CT molecular complexity index is 2520. The van der Waals surface area contributed by atoms with Crippen molar-refractivity contribution in [3.05, 3.63) is 152 Å². The molecule has 0 saturated heterocycles. The molecule has 9 aromatic rings. The molecule has 4 heterocycles. The molecule has 9 rings (SSSR count). The van der Waals surface area contributed by atoms with E-state index in [1.54, 1.807) is 12.1 Å². The van der Waals surface area contributed by atoms with Gasteiger partial charge in [0.2, 0.25) is 0 Å². The highest BCUT2D eigenvalue weighted by molar-refractivity contribution is 6.06. The van der Waals surface area contributed by atoms with Crippen LogP contribution >= 0.6 is 0 Å². The molecule has 47 heavy (non-hydrogen) atoms. The first-order valence-corrected chi connectivity index (χ1v) is 15.4. The van der Waals surface area contributed by atoms with E-state index in [0.29, 0.717) is 39.3 Å². The van der Waals surface area contributed by atoms with Gasteiger partial charge in [-0.1, -0.05) is 109 Å². The molecule has 1 N–H and O–H groups in total. The van der Waals surface area contributed by atoms with Crippen molar-refractivity contribution < 1.29 is 9.52 Å². The van der Waals surface area contributed by atoms with Gasteiger partial charge in [-0.2, -0.15) is 0 Å². The molecule has 4 aromatic heterocycles. The third kappa shape index (κ3) is 4.46. The van der Waals surface area contributed by atoms with Crippen molar-refractivity contribution >= 4 is 32.8 Å². The van der Waals surface area contributed by atoms with Crippen molar-refractivity contribution in [1.29, 1.82) is 0 Å². The van der Waals surface area contributed by atoms with Gasteiger partial charge in [-0.3, -0.25) is 9.55 Å². The van der Waals surface area contributed by atoms with Crippen LogP contribution < -0.4 is 0 Å². The summed E-state index contributed by atoms with van der Waals surface area (Å²) in [4.78, 5) is 15.2. The summed E-state index contributed by atoms with van der Waals surface area (Å²) in [6.45, 7) is 0. The number of para-hydroxylation sites is 1. The van der Waals surface area contributed by atoms with Crippen molar-refractivity contribution in [2.45, 2.75) is 0 Å². The summed E-state index contributed by atoms with van der Waals surface area (Å²) in [5, 5.41) is 13.4. The highest BCUT2D eigenvalue weighted by Crippen LogP contribution is 2.41. The van der Waals surface area contributed by atoms with Crippen LogP contribution in [0.4, 0.5) is 0 Å². The first-order chi connectivity index (χ1) is 23.2. The van der Waals surface area contributed by atoms with Crippen LogP contribution in [0.25, 0.3) is 83.7 Å². The van der Waals surface area contributed by atoms with Crippen LogP contribution in [-0.2, 0) is 0 Å². The standard InChI is InChI=1S/C41H26N4O2/c46-34-19-10-20-35-37(34)39-36(47-35)22-21-32(43-39)33-25-45(41(44-33)38-29-16-8-7-15-28(29)23-24-42-38)40-30(26-11-3-1-4-12-26)17-9-18-31(40)27-13-5-2-6-14-27/h1-25,46H. The Kier molecular flexibility index (Phi) is 6.18. The molecule has 0 aliphatic heterocycles. The fourth-order valence-electron chi connectivity index (χ4n) is 6.45. The zero-order valence-electron chi connectivity index (χ0n) is 25.1. The molecule has 0 bridgehead atoms. The maximum atomic E-state index is 10.7. The lowest BCUT2D eigenvalue weighted by Crippen LogP contribution is -2.03. The number of rotatable bonds is 5. The van der Waals surface area contributed by atoms with E-state index in [9.17, 15) is 5.11 Å². The second-order valence-corrected chi connectivity index (χ2v) is 11.4. The van der Waals surface area contributed by atoms with E-state index < -0.39 is 0 Å². The van der Waals surface area contributed by atoms with Crippen molar-refractivity contribution in [2.75, 3.05) is 0 Å². The number of nitrogens with zero attached hydrogens (tertiary/aromatic N) is 4. The van der Waals surface area contributed by atoms with Gasteiger partial charge in [-0.05, 0) is 46.8 Å².